The Morgan fingerprint density at radius 2 is 2.55 bits per heavy atom. The Morgan fingerprint density at radius 1 is 1.73 bits per heavy atom. The number of nitrogens with zero attached hydrogens (tertiary/aromatic N) is 1. The Bertz CT molecular complexity index is 237. The quantitative estimate of drug-likeness (QED) is 0.642. The van der Waals surface area contributed by atoms with Crippen LogP contribution in [0.1, 0.15) is 0 Å². The molecule has 0 aliphatic rings. The largest absolute Gasteiger partial charge is 0.483 e. The van der Waals surface area contributed by atoms with E-state index in [1.165, 1.54) is 6.20 Å². The van der Waals surface area contributed by atoms with Crippen molar-refractivity contribution < 1.29 is 9.53 Å². The third-order valence-corrected chi connectivity index (χ3v) is 1.10. The number of carbonyl (C=O) groups is 1. The predicted octanol–water partition coefficient (Wildman–Crippen LogP) is 1.23. The van der Waals surface area contributed by atoms with Crippen molar-refractivity contribution in [3.63, 3.8) is 0 Å². The molecule has 0 radical (unpaired) electrons. The molecule has 0 spiro atoms. The highest BCUT2D eigenvalue weighted by Gasteiger charge is 1.96. The summed E-state index contributed by atoms with van der Waals surface area (Å²) in [4.78, 5) is 14.0. The van der Waals surface area contributed by atoms with Gasteiger partial charge in [0.1, 0.15) is 5.75 Å². The zero-order chi connectivity index (χ0) is 8.10. The van der Waals surface area contributed by atoms with Crippen LogP contribution in [0.15, 0.2) is 24.5 Å². The fourth-order valence-corrected chi connectivity index (χ4v) is 0.627. The van der Waals surface area contributed by atoms with Gasteiger partial charge in [-0.1, -0.05) is 0 Å². The van der Waals surface area contributed by atoms with Gasteiger partial charge >= 0.3 is 0 Å². The standard InChI is InChI=1S/C7H6ClNO2/c8-7(10)5-11-6-2-1-3-9-4-6/h1-4H,5H2. The summed E-state index contributed by atoms with van der Waals surface area (Å²) < 4.78 is 4.92. The molecule has 1 aromatic rings. The highest BCUT2D eigenvalue weighted by molar-refractivity contribution is 6.63. The first-order valence-corrected chi connectivity index (χ1v) is 3.38. The van der Waals surface area contributed by atoms with E-state index in [1.807, 2.05) is 0 Å². The summed E-state index contributed by atoms with van der Waals surface area (Å²) in [5.41, 5.74) is 0. The monoisotopic (exact) mass is 171 g/mol. The van der Waals surface area contributed by atoms with E-state index in [9.17, 15) is 4.79 Å². The Hall–Kier alpha value is -1.09. The van der Waals surface area contributed by atoms with E-state index in [1.54, 1.807) is 18.3 Å². The van der Waals surface area contributed by atoms with E-state index < -0.39 is 5.24 Å². The highest BCUT2D eigenvalue weighted by Crippen LogP contribution is 2.05. The van der Waals surface area contributed by atoms with Crippen LogP contribution in [0.4, 0.5) is 0 Å². The number of ether oxygens (including phenoxy) is 1. The van der Waals surface area contributed by atoms with E-state index in [0.717, 1.165) is 0 Å². The summed E-state index contributed by atoms with van der Waals surface area (Å²) in [5, 5.41) is -0.520. The molecule has 4 heteroatoms. The zero-order valence-electron chi connectivity index (χ0n) is 5.66. The van der Waals surface area contributed by atoms with Crippen molar-refractivity contribution >= 4 is 16.8 Å². The van der Waals surface area contributed by atoms with Crippen LogP contribution in [-0.2, 0) is 4.79 Å². The van der Waals surface area contributed by atoms with Crippen molar-refractivity contribution in [3.05, 3.63) is 24.5 Å². The van der Waals surface area contributed by atoms with E-state index in [-0.39, 0.29) is 6.61 Å². The summed E-state index contributed by atoms with van der Waals surface area (Å²) in [6.07, 6.45) is 3.13. The maximum atomic E-state index is 10.2. The third kappa shape index (κ3) is 3.00. The topological polar surface area (TPSA) is 39.2 Å². The van der Waals surface area contributed by atoms with Gasteiger partial charge in [0.15, 0.2) is 6.61 Å². The van der Waals surface area contributed by atoms with Crippen LogP contribution in [0.3, 0.4) is 0 Å². The molecule has 11 heavy (non-hydrogen) atoms. The molecule has 0 N–H and O–H groups in total. The van der Waals surface area contributed by atoms with Crippen molar-refractivity contribution in [2.75, 3.05) is 6.61 Å². The van der Waals surface area contributed by atoms with Gasteiger partial charge < -0.3 is 4.74 Å². The second-order valence-electron chi connectivity index (χ2n) is 1.83. The van der Waals surface area contributed by atoms with Crippen molar-refractivity contribution in [2.45, 2.75) is 0 Å². The first-order valence-electron chi connectivity index (χ1n) is 3.00. The normalized spacial score (nSPS) is 9.18. The van der Waals surface area contributed by atoms with Crippen LogP contribution < -0.4 is 4.74 Å². The van der Waals surface area contributed by atoms with Crippen LogP contribution in [0, 0.1) is 0 Å². The van der Waals surface area contributed by atoms with Gasteiger partial charge in [-0.25, -0.2) is 0 Å². The minimum Gasteiger partial charge on any atom is -0.483 e. The second kappa shape index (κ2) is 3.93. The SMILES string of the molecule is O=C(Cl)COc1cccnc1. The molecule has 1 rings (SSSR count). The van der Waals surface area contributed by atoms with Gasteiger partial charge in [-0.3, -0.25) is 9.78 Å². The van der Waals surface area contributed by atoms with Gasteiger partial charge in [0, 0.05) is 6.20 Å². The number of hydrogen-bond acceptors (Lipinski definition) is 3. The molecule has 0 atom stereocenters. The summed E-state index contributed by atoms with van der Waals surface area (Å²) in [6.45, 7) is -0.118. The van der Waals surface area contributed by atoms with Crippen LogP contribution in [0.25, 0.3) is 0 Å². The lowest BCUT2D eigenvalue weighted by atomic mass is 10.5. The average molecular weight is 172 g/mol. The summed E-state index contributed by atoms with van der Waals surface area (Å²) in [6, 6.07) is 3.42. The van der Waals surface area contributed by atoms with E-state index in [0.29, 0.717) is 5.75 Å². The predicted molar refractivity (Wildman–Crippen MR) is 40.6 cm³/mol. The van der Waals surface area contributed by atoms with E-state index in [4.69, 9.17) is 16.3 Å². The minimum absolute atomic E-state index is 0.118. The fraction of sp³-hybridized carbons (Fsp3) is 0.143. The first-order chi connectivity index (χ1) is 5.29. The maximum Gasteiger partial charge on any atom is 0.259 e. The Kier molecular flexibility index (Phi) is 2.86. The average Bonchev–Trinajstić information content (AvgIpc) is 2.03. The molecule has 58 valence electrons. The van der Waals surface area contributed by atoms with Crippen molar-refractivity contribution in [3.8, 4) is 5.75 Å². The molecule has 0 fully saturated rings. The Labute approximate surface area is 69.0 Å². The molecule has 0 unspecified atom stereocenters. The third-order valence-electron chi connectivity index (χ3n) is 0.987. The van der Waals surface area contributed by atoms with Crippen molar-refractivity contribution in [1.82, 2.24) is 4.98 Å². The van der Waals surface area contributed by atoms with Crippen molar-refractivity contribution in [2.24, 2.45) is 0 Å². The van der Waals surface area contributed by atoms with Gasteiger partial charge in [-0.15, -0.1) is 0 Å². The highest BCUT2D eigenvalue weighted by atomic mass is 35.5. The molecule has 0 saturated carbocycles. The Morgan fingerprint density at radius 3 is 3.09 bits per heavy atom. The van der Waals surface area contributed by atoms with Crippen LogP contribution in [0.5, 0.6) is 5.75 Å². The number of rotatable bonds is 3. The molecule has 1 heterocycles. The Balaban J connectivity index is 2.45. The van der Waals surface area contributed by atoms with E-state index in [2.05, 4.69) is 4.98 Å². The lowest BCUT2D eigenvalue weighted by molar-refractivity contribution is -0.113. The fourth-order valence-electron chi connectivity index (χ4n) is 0.573. The number of hydrogen-bond donors (Lipinski definition) is 0. The van der Waals surface area contributed by atoms with Gasteiger partial charge in [0.25, 0.3) is 5.24 Å². The summed E-state index contributed by atoms with van der Waals surface area (Å²) in [7, 11) is 0. The first kappa shape index (κ1) is 8.01. The minimum atomic E-state index is -0.520. The number of aromatic nitrogens is 1. The molecule has 0 aliphatic carbocycles. The molecular formula is C7H6ClNO2. The van der Waals surface area contributed by atoms with Gasteiger partial charge in [0.2, 0.25) is 0 Å². The lowest BCUT2D eigenvalue weighted by Gasteiger charge is -1.99. The van der Waals surface area contributed by atoms with Crippen LogP contribution in [-0.4, -0.2) is 16.8 Å². The molecule has 0 bridgehead atoms. The number of pyridine rings is 1. The van der Waals surface area contributed by atoms with Crippen molar-refractivity contribution in [1.29, 1.82) is 0 Å². The second-order valence-corrected chi connectivity index (χ2v) is 2.25. The number of halogens is 1. The molecule has 1 aromatic heterocycles. The summed E-state index contributed by atoms with van der Waals surface area (Å²) in [5.74, 6) is 0.543. The number of carbonyl (C=O) groups excluding carboxylic acids is 1. The van der Waals surface area contributed by atoms with Crippen LogP contribution in [0.2, 0.25) is 0 Å². The molecule has 0 aromatic carbocycles. The zero-order valence-corrected chi connectivity index (χ0v) is 6.41. The molecule has 0 saturated heterocycles. The smallest absolute Gasteiger partial charge is 0.259 e. The molecule has 0 aliphatic heterocycles. The van der Waals surface area contributed by atoms with Gasteiger partial charge in [-0.2, -0.15) is 0 Å². The van der Waals surface area contributed by atoms with Gasteiger partial charge in [-0.05, 0) is 23.7 Å². The van der Waals surface area contributed by atoms with Crippen LogP contribution >= 0.6 is 11.6 Å². The van der Waals surface area contributed by atoms with Gasteiger partial charge in [0.05, 0.1) is 6.20 Å². The molecule has 3 nitrogen and oxygen atoms in total. The molecular weight excluding hydrogens is 166 g/mol. The summed E-state index contributed by atoms with van der Waals surface area (Å²) >= 11 is 5.04. The molecule has 0 amide bonds. The van der Waals surface area contributed by atoms with E-state index >= 15 is 0 Å². The lowest BCUT2D eigenvalue weighted by Crippen LogP contribution is -2.04. The maximum absolute atomic E-state index is 10.2.